The second-order valence-corrected chi connectivity index (χ2v) is 5.20. The topological polar surface area (TPSA) is 48.7 Å². The Kier molecular flexibility index (Phi) is 3.22. The number of halogens is 1. The second kappa shape index (κ2) is 4.85. The van der Waals surface area contributed by atoms with Gasteiger partial charge in [0, 0.05) is 24.9 Å². The molecule has 1 atom stereocenters. The smallest absolute Gasteiger partial charge is 0.259 e. The molecule has 0 bridgehead atoms. The van der Waals surface area contributed by atoms with Crippen LogP contribution >= 0.6 is 15.9 Å². The molecule has 0 saturated carbocycles. The molecule has 1 unspecified atom stereocenters. The van der Waals surface area contributed by atoms with E-state index in [0.29, 0.717) is 11.8 Å². The SMILES string of the molecule is COc1nc(Br)cn2cc(C3CCCOC3)nc12. The highest BCUT2D eigenvalue weighted by atomic mass is 79.9. The summed E-state index contributed by atoms with van der Waals surface area (Å²) < 4.78 is 13.4. The number of hydrogen-bond donors (Lipinski definition) is 0. The van der Waals surface area contributed by atoms with Crippen LogP contribution in [0.4, 0.5) is 0 Å². The van der Waals surface area contributed by atoms with Gasteiger partial charge in [0.25, 0.3) is 5.88 Å². The number of nitrogens with zero attached hydrogens (tertiary/aromatic N) is 3. The molecule has 0 aromatic carbocycles. The highest BCUT2D eigenvalue weighted by molar-refractivity contribution is 9.10. The molecule has 6 heteroatoms. The molecule has 3 heterocycles. The maximum absolute atomic E-state index is 5.51. The van der Waals surface area contributed by atoms with Crippen LogP contribution in [0.15, 0.2) is 17.0 Å². The van der Waals surface area contributed by atoms with Crippen LogP contribution in [0.1, 0.15) is 24.5 Å². The molecule has 2 aromatic rings. The second-order valence-electron chi connectivity index (χ2n) is 4.38. The van der Waals surface area contributed by atoms with Gasteiger partial charge in [-0.2, -0.15) is 0 Å². The maximum atomic E-state index is 5.51. The first kappa shape index (κ1) is 11.9. The highest BCUT2D eigenvalue weighted by Crippen LogP contribution is 2.27. The van der Waals surface area contributed by atoms with Crippen LogP contribution in [0.3, 0.4) is 0 Å². The third kappa shape index (κ3) is 2.10. The molecule has 0 spiro atoms. The minimum Gasteiger partial charge on any atom is -0.478 e. The molecule has 0 amide bonds. The average molecular weight is 312 g/mol. The summed E-state index contributed by atoms with van der Waals surface area (Å²) in [6.45, 7) is 1.61. The largest absolute Gasteiger partial charge is 0.478 e. The van der Waals surface area contributed by atoms with Gasteiger partial charge < -0.3 is 9.47 Å². The molecule has 0 N–H and O–H groups in total. The molecule has 5 nitrogen and oxygen atoms in total. The van der Waals surface area contributed by atoms with Gasteiger partial charge in [0.1, 0.15) is 4.60 Å². The first-order valence-corrected chi connectivity index (χ1v) is 6.74. The summed E-state index contributed by atoms with van der Waals surface area (Å²) in [4.78, 5) is 8.88. The Morgan fingerprint density at radius 1 is 1.44 bits per heavy atom. The summed E-state index contributed by atoms with van der Waals surface area (Å²) in [5.41, 5.74) is 1.80. The van der Waals surface area contributed by atoms with Gasteiger partial charge in [-0.15, -0.1) is 0 Å². The molecule has 1 fully saturated rings. The van der Waals surface area contributed by atoms with Crippen LogP contribution < -0.4 is 4.74 Å². The molecule has 2 aromatic heterocycles. The fraction of sp³-hybridized carbons (Fsp3) is 0.500. The Morgan fingerprint density at radius 3 is 3.06 bits per heavy atom. The van der Waals surface area contributed by atoms with Gasteiger partial charge in [-0.25, -0.2) is 9.97 Å². The quantitative estimate of drug-likeness (QED) is 0.854. The van der Waals surface area contributed by atoms with E-state index in [1.54, 1.807) is 7.11 Å². The van der Waals surface area contributed by atoms with E-state index in [2.05, 4.69) is 25.9 Å². The minimum atomic E-state index is 0.377. The monoisotopic (exact) mass is 311 g/mol. The molecular weight excluding hydrogens is 298 g/mol. The van der Waals surface area contributed by atoms with Crippen molar-refractivity contribution < 1.29 is 9.47 Å². The van der Waals surface area contributed by atoms with E-state index < -0.39 is 0 Å². The van der Waals surface area contributed by atoms with Gasteiger partial charge in [-0.05, 0) is 28.8 Å². The predicted molar refractivity (Wildman–Crippen MR) is 70.0 cm³/mol. The van der Waals surface area contributed by atoms with E-state index in [9.17, 15) is 0 Å². The lowest BCUT2D eigenvalue weighted by molar-refractivity contribution is 0.0794. The number of aromatic nitrogens is 3. The number of methoxy groups -OCH3 is 1. The van der Waals surface area contributed by atoms with Crippen molar-refractivity contribution in [1.29, 1.82) is 0 Å². The number of imidazole rings is 1. The molecule has 0 aliphatic carbocycles. The van der Waals surface area contributed by atoms with Crippen molar-refractivity contribution in [2.45, 2.75) is 18.8 Å². The Morgan fingerprint density at radius 2 is 2.33 bits per heavy atom. The zero-order chi connectivity index (χ0) is 12.5. The first-order valence-electron chi connectivity index (χ1n) is 5.95. The van der Waals surface area contributed by atoms with Crippen molar-refractivity contribution >= 4 is 21.6 Å². The summed E-state index contributed by atoms with van der Waals surface area (Å²) in [6.07, 6.45) is 6.14. The van der Waals surface area contributed by atoms with Gasteiger partial charge in [0.15, 0.2) is 0 Å². The van der Waals surface area contributed by atoms with Crippen molar-refractivity contribution in [3.05, 3.63) is 22.7 Å². The molecule has 1 saturated heterocycles. The molecular formula is C12H14BrN3O2. The van der Waals surface area contributed by atoms with E-state index in [4.69, 9.17) is 9.47 Å². The standard InChI is InChI=1S/C12H14BrN3O2/c1-17-12-11-14-9(8-3-2-4-18-7-8)5-16(11)6-10(13)15-12/h5-6,8H,2-4,7H2,1H3. The fourth-order valence-corrected chi connectivity index (χ4v) is 2.65. The van der Waals surface area contributed by atoms with Crippen LogP contribution in [-0.4, -0.2) is 34.7 Å². The van der Waals surface area contributed by atoms with Crippen molar-refractivity contribution in [2.75, 3.05) is 20.3 Å². The van der Waals surface area contributed by atoms with Gasteiger partial charge in [0.05, 0.1) is 19.4 Å². The summed E-state index contributed by atoms with van der Waals surface area (Å²) in [6, 6.07) is 0. The molecule has 96 valence electrons. The third-order valence-corrected chi connectivity index (χ3v) is 3.55. The molecule has 18 heavy (non-hydrogen) atoms. The van der Waals surface area contributed by atoms with E-state index >= 15 is 0 Å². The fourth-order valence-electron chi connectivity index (χ4n) is 2.27. The summed E-state index contributed by atoms with van der Waals surface area (Å²) in [5.74, 6) is 0.912. The van der Waals surface area contributed by atoms with E-state index in [-0.39, 0.29) is 0 Å². The minimum absolute atomic E-state index is 0.377. The zero-order valence-electron chi connectivity index (χ0n) is 10.1. The van der Waals surface area contributed by atoms with Gasteiger partial charge in [-0.1, -0.05) is 0 Å². The molecule has 1 aliphatic heterocycles. The van der Waals surface area contributed by atoms with Crippen LogP contribution in [0.5, 0.6) is 5.88 Å². The lowest BCUT2D eigenvalue weighted by Gasteiger charge is -2.19. The highest BCUT2D eigenvalue weighted by Gasteiger charge is 2.20. The van der Waals surface area contributed by atoms with Crippen molar-refractivity contribution in [3.8, 4) is 5.88 Å². The summed E-state index contributed by atoms with van der Waals surface area (Å²) in [5, 5.41) is 0. The Bertz CT molecular complexity index is 564. The van der Waals surface area contributed by atoms with Crippen LogP contribution in [0, 0.1) is 0 Å². The van der Waals surface area contributed by atoms with Gasteiger partial charge in [-0.3, -0.25) is 4.40 Å². The maximum Gasteiger partial charge on any atom is 0.259 e. The molecule has 3 rings (SSSR count). The van der Waals surface area contributed by atoms with Crippen LogP contribution in [-0.2, 0) is 4.74 Å². The predicted octanol–water partition coefficient (Wildman–Crippen LogP) is 2.39. The number of ether oxygens (including phenoxy) is 2. The number of hydrogen-bond acceptors (Lipinski definition) is 4. The first-order chi connectivity index (χ1) is 8.78. The summed E-state index contributed by atoms with van der Waals surface area (Å²) >= 11 is 3.36. The van der Waals surface area contributed by atoms with E-state index in [1.165, 1.54) is 0 Å². The van der Waals surface area contributed by atoms with Crippen molar-refractivity contribution in [2.24, 2.45) is 0 Å². The van der Waals surface area contributed by atoms with Crippen LogP contribution in [0.25, 0.3) is 5.65 Å². The van der Waals surface area contributed by atoms with E-state index in [0.717, 1.165) is 42.0 Å². The Balaban J connectivity index is 2.04. The Labute approximate surface area is 113 Å². The number of rotatable bonds is 2. The van der Waals surface area contributed by atoms with Crippen molar-refractivity contribution in [1.82, 2.24) is 14.4 Å². The zero-order valence-corrected chi connectivity index (χ0v) is 11.7. The Hall–Kier alpha value is -1.14. The van der Waals surface area contributed by atoms with E-state index in [1.807, 2.05) is 16.8 Å². The summed E-state index contributed by atoms with van der Waals surface area (Å²) in [7, 11) is 1.60. The third-order valence-electron chi connectivity index (χ3n) is 3.17. The normalized spacial score (nSPS) is 20.2. The lowest BCUT2D eigenvalue weighted by atomic mass is 9.99. The molecule has 1 aliphatic rings. The lowest BCUT2D eigenvalue weighted by Crippen LogP contribution is -2.15. The van der Waals surface area contributed by atoms with Gasteiger partial charge in [0.2, 0.25) is 5.65 Å². The average Bonchev–Trinajstić information content (AvgIpc) is 2.82. The van der Waals surface area contributed by atoms with Gasteiger partial charge >= 0.3 is 0 Å². The van der Waals surface area contributed by atoms with Crippen molar-refractivity contribution in [3.63, 3.8) is 0 Å². The van der Waals surface area contributed by atoms with Crippen LogP contribution in [0.2, 0.25) is 0 Å². The number of fused-ring (bicyclic) bond motifs is 1. The molecule has 0 radical (unpaired) electrons.